The molecule has 1 aromatic heterocycles. The van der Waals surface area contributed by atoms with Crippen LogP contribution in [0.4, 0.5) is 11.4 Å². The summed E-state index contributed by atoms with van der Waals surface area (Å²) in [6.07, 6.45) is 5.26. The molecule has 3 nitrogen and oxygen atoms in total. The van der Waals surface area contributed by atoms with Crippen LogP contribution < -0.4 is 10.6 Å². The van der Waals surface area contributed by atoms with Crippen molar-refractivity contribution >= 4 is 32.9 Å². The molecule has 2 N–H and O–H groups in total. The maximum atomic E-state index is 6.26. The Labute approximate surface area is 124 Å². The fraction of sp³-hybridized carbons (Fsp3) is 0.562. The number of thiazole rings is 1. The van der Waals surface area contributed by atoms with Gasteiger partial charge in [0.1, 0.15) is 0 Å². The zero-order valence-electron chi connectivity index (χ0n) is 12.4. The Hall–Kier alpha value is -1.29. The van der Waals surface area contributed by atoms with Crippen molar-refractivity contribution in [3.05, 3.63) is 17.1 Å². The average Bonchev–Trinajstić information content (AvgIpc) is 2.78. The highest BCUT2D eigenvalue weighted by Crippen LogP contribution is 2.34. The molecule has 2 aromatic rings. The predicted octanol–water partition coefficient (Wildman–Crippen LogP) is 4.20. The van der Waals surface area contributed by atoms with Gasteiger partial charge in [0, 0.05) is 13.1 Å². The van der Waals surface area contributed by atoms with Crippen LogP contribution in [0.1, 0.15) is 37.6 Å². The van der Waals surface area contributed by atoms with E-state index in [1.807, 2.05) is 0 Å². The van der Waals surface area contributed by atoms with E-state index in [1.54, 1.807) is 11.3 Å². The number of hydrogen-bond acceptors (Lipinski definition) is 4. The second-order valence-corrected chi connectivity index (χ2v) is 7.07. The van der Waals surface area contributed by atoms with E-state index in [0.717, 1.165) is 35.2 Å². The first-order valence-electron chi connectivity index (χ1n) is 7.59. The Morgan fingerprint density at radius 2 is 2.10 bits per heavy atom. The lowest BCUT2D eigenvalue weighted by Crippen LogP contribution is -2.34. The Morgan fingerprint density at radius 3 is 2.80 bits per heavy atom. The summed E-state index contributed by atoms with van der Waals surface area (Å²) in [5.41, 5.74) is 9.42. The minimum absolute atomic E-state index is 0.898. The molecule has 1 fully saturated rings. The molecule has 20 heavy (non-hydrogen) atoms. The third kappa shape index (κ3) is 2.62. The molecule has 1 aliphatic rings. The Morgan fingerprint density at radius 1 is 1.35 bits per heavy atom. The standard InChI is InChI=1S/C16H23N3S/c1-3-4-12-5-7-19(8-6-12)15-10-14-16(9-13(15)17)20-11(2)18-14/h9-10,12H,3-8,17H2,1-2H3. The predicted molar refractivity (Wildman–Crippen MR) is 88.6 cm³/mol. The summed E-state index contributed by atoms with van der Waals surface area (Å²) in [4.78, 5) is 7.03. The van der Waals surface area contributed by atoms with Crippen molar-refractivity contribution in [2.24, 2.45) is 5.92 Å². The van der Waals surface area contributed by atoms with Gasteiger partial charge in [-0.3, -0.25) is 0 Å². The van der Waals surface area contributed by atoms with Crippen molar-refractivity contribution in [3.63, 3.8) is 0 Å². The lowest BCUT2D eigenvalue weighted by molar-refractivity contribution is 0.378. The first-order valence-corrected chi connectivity index (χ1v) is 8.40. The first-order chi connectivity index (χ1) is 9.67. The van der Waals surface area contributed by atoms with Crippen LogP contribution in [0, 0.1) is 12.8 Å². The summed E-state index contributed by atoms with van der Waals surface area (Å²) in [5.74, 6) is 0.905. The van der Waals surface area contributed by atoms with Gasteiger partial charge in [-0.25, -0.2) is 4.98 Å². The summed E-state index contributed by atoms with van der Waals surface area (Å²) >= 11 is 1.72. The monoisotopic (exact) mass is 289 g/mol. The van der Waals surface area contributed by atoms with E-state index in [9.17, 15) is 0 Å². The van der Waals surface area contributed by atoms with E-state index in [0.29, 0.717) is 0 Å². The largest absolute Gasteiger partial charge is 0.397 e. The molecule has 3 rings (SSSR count). The SMILES string of the molecule is CCCC1CCN(c2cc3nc(C)sc3cc2N)CC1. The molecule has 0 atom stereocenters. The van der Waals surface area contributed by atoms with Gasteiger partial charge in [0.25, 0.3) is 0 Å². The molecule has 108 valence electrons. The van der Waals surface area contributed by atoms with Crippen LogP contribution in [-0.2, 0) is 0 Å². The van der Waals surface area contributed by atoms with Gasteiger partial charge in [-0.2, -0.15) is 0 Å². The first kappa shape index (κ1) is 13.7. The van der Waals surface area contributed by atoms with Crippen LogP contribution in [0.25, 0.3) is 10.2 Å². The number of nitrogens with two attached hydrogens (primary N) is 1. The van der Waals surface area contributed by atoms with Gasteiger partial charge in [-0.05, 0) is 37.8 Å². The van der Waals surface area contributed by atoms with Crippen LogP contribution in [-0.4, -0.2) is 18.1 Å². The van der Waals surface area contributed by atoms with Crippen LogP contribution >= 0.6 is 11.3 Å². The highest BCUT2D eigenvalue weighted by Gasteiger charge is 2.20. The van der Waals surface area contributed by atoms with Crippen LogP contribution in [0.3, 0.4) is 0 Å². The van der Waals surface area contributed by atoms with Gasteiger partial charge in [0.05, 0.1) is 26.6 Å². The van der Waals surface area contributed by atoms with Crippen molar-refractivity contribution in [2.45, 2.75) is 39.5 Å². The number of aryl methyl sites for hydroxylation is 1. The average molecular weight is 289 g/mol. The number of hydrogen-bond donors (Lipinski definition) is 1. The van der Waals surface area contributed by atoms with E-state index >= 15 is 0 Å². The van der Waals surface area contributed by atoms with Gasteiger partial charge in [0.15, 0.2) is 0 Å². The number of piperidine rings is 1. The van der Waals surface area contributed by atoms with Gasteiger partial charge < -0.3 is 10.6 Å². The highest BCUT2D eigenvalue weighted by atomic mass is 32.1. The number of benzene rings is 1. The molecule has 4 heteroatoms. The van der Waals surface area contributed by atoms with Gasteiger partial charge in [-0.15, -0.1) is 11.3 Å². The molecule has 0 unspecified atom stereocenters. The van der Waals surface area contributed by atoms with Gasteiger partial charge >= 0.3 is 0 Å². The number of aromatic nitrogens is 1. The minimum atomic E-state index is 0.898. The molecular formula is C16H23N3S. The van der Waals surface area contributed by atoms with Crippen molar-refractivity contribution in [1.29, 1.82) is 0 Å². The molecule has 2 heterocycles. The number of anilines is 2. The normalized spacial score (nSPS) is 17.0. The zero-order chi connectivity index (χ0) is 14.1. The van der Waals surface area contributed by atoms with E-state index < -0.39 is 0 Å². The maximum absolute atomic E-state index is 6.26. The van der Waals surface area contributed by atoms with E-state index in [-0.39, 0.29) is 0 Å². The van der Waals surface area contributed by atoms with Gasteiger partial charge in [-0.1, -0.05) is 19.8 Å². The van der Waals surface area contributed by atoms with Crippen molar-refractivity contribution in [2.75, 3.05) is 23.7 Å². The smallest absolute Gasteiger partial charge is 0.0907 e. The molecule has 0 spiro atoms. The number of nitrogens with zero attached hydrogens (tertiary/aromatic N) is 2. The quantitative estimate of drug-likeness (QED) is 0.861. The summed E-state index contributed by atoms with van der Waals surface area (Å²) in [6.45, 7) is 6.59. The Bertz CT molecular complexity index is 597. The number of rotatable bonds is 3. The summed E-state index contributed by atoms with van der Waals surface area (Å²) in [7, 11) is 0. The molecular weight excluding hydrogens is 266 g/mol. The van der Waals surface area contributed by atoms with Crippen molar-refractivity contribution in [1.82, 2.24) is 4.98 Å². The van der Waals surface area contributed by atoms with E-state index in [1.165, 1.54) is 36.1 Å². The maximum Gasteiger partial charge on any atom is 0.0907 e. The minimum Gasteiger partial charge on any atom is -0.397 e. The Kier molecular flexibility index (Phi) is 3.83. The van der Waals surface area contributed by atoms with Crippen LogP contribution in [0.15, 0.2) is 12.1 Å². The molecule has 0 aliphatic carbocycles. The number of fused-ring (bicyclic) bond motifs is 1. The molecule has 1 aliphatic heterocycles. The molecule has 1 saturated heterocycles. The molecule has 1 aromatic carbocycles. The summed E-state index contributed by atoms with van der Waals surface area (Å²) in [5, 5.41) is 1.11. The van der Waals surface area contributed by atoms with E-state index in [4.69, 9.17) is 5.73 Å². The second kappa shape index (κ2) is 5.60. The van der Waals surface area contributed by atoms with Crippen LogP contribution in [0.2, 0.25) is 0 Å². The van der Waals surface area contributed by atoms with Gasteiger partial charge in [0.2, 0.25) is 0 Å². The zero-order valence-corrected chi connectivity index (χ0v) is 13.2. The van der Waals surface area contributed by atoms with Crippen molar-refractivity contribution < 1.29 is 0 Å². The topological polar surface area (TPSA) is 42.2 Å². The molecule has 0 bridgehead atoms. The lowest BCUT2D eigenvalue weighted by atomic mass is 9.92. The van der Waals surface area contributed by atoms with Crippen LogP contribution in [0.5, 0.6) is 0 Å². The second-order valence-electron chi connectivity index (χ2n) is 5.83. The fourth-order valence-electron chi connectivity index (χ4n) is 3.24. The van der Waals surface area contributed by atoms with Crippen molar-refractivity contribution in [3.8, 4) is 0 Å². The summed E-state index contributed by atoms with van der Waals surface area (Å²) in [6, 6.07) is 4.27. The molecule has 0 saturated carbocycles. The highest BCUT2D eigenvalue weighted by molar-refractivity contribution is 7.18. The molecule has 0 radical (unpaired) electrons. The Balaban J connectivity index is 1.82. The summed E-state index contributed by atoms with van der Waals surface area (Å²) < 4.78 is 1.20. The van der Waals surface area contributed by atoms with E-state index in [2.05, 4.69) is 35.9 Å². The number of nitrogen functional groups attached to an aromatic ring is 1. The fourth-order valence-corrected chi connectivity index (χ4v) is 4.10. The third-order valence-corrected chi connectivity index (χ3v) is 5.23. The third-order valence-electron chi connectivity index (χ3n) is 4.30. The molecule has 0 amide bonds. The lowest BCUT2D eigenvalue weighted by Gasteiger charge is -2.34.